The van der Waals surface area contributed by atoms with Gasteiger partial charge in [0.15, 0.2) is 0 Å². The maximum Gasteiger partial charge on any atom is 0.0880 e. The number of ether oxygens (including phenoxy) is 1. The van der Waals surface area contributed by atoms with Gasteiger partial charge in [0.05, 0.1) is 19.3 Å². The zero-order valence-corrected chi connectivity index (χ0v) is 9.80. The highest BCUT2D eigenvalue weighted by Crippen LogP contribution is 2.09. The minimum atomic E-state index is 0.111. The molecule has 0 amide bonds. The number of rotatable bonds is 4. The summed E-state index contributed by atoms with van der Waals surface area (Å²) in [4.78, 5) is 2.41. The molecule has 1 aromatic rings. The molecule has 1 unspecified atom stereocenters. The molecule has 0 bridgehead atoms. The molecule has 1 aromatic heterocycles. The highest BCUT2D eigenvalue weighted by molar-refractivity contribution is 5.08. The van der Waals surface area contributed by atoms with Crippen molar-refractivity contribution in [3.8, 4) is 0 Å². The molecule has 1 N–H and O–H groups in total. The van der Waals surface area contributed by atoms with Crippen LogP contribution in [-0.4, -0.2) is 46.9 Å². The molecule has 16 heavy (non-hydrogen) atoms. The molecule has 1 aliphatic rings. The summed E-state index contributed by atoms with van der Waals surface area (Å²) in [6.07, 6.45) is 4.25. The molecule has 0 radical (unpaired) electrons. The first-order valence-corrected chi connectivity index (χ1v) is 5.91. The van der Waals surface area contributed by atoms with Gasteiger partial charge in [0.1, 0.15) is 0 Å². The summed E-state index contributed by atoms with van der Waals surface area (Å²) < 4.78 is 7.82. The van der Waals surface area contributed by atoms with Crippen molar-refractivity contribution in [2.75, 3.05) is 26.2 Å². The largest absolute Gasteiger partial charge is 0.392 e. The van der Waals surface area contributed by atoms with Gasteiger partial charge in [-0.15, -0.1) is 0 Å². The summed E-state index contributed by atoms with van der Waals surface area (Å²) in [7, 11) is 0. The summed E-state index contributed by atoms with van der Waals surface area (Å²) >= 11 is 0. The Bertz CT molecular complexity index is 325. The van der Waals surface area contributed by atoms with Crippen LogP contribution in [-0.2, 0) is 17.9 Å². The van der Waals surface area contributed by atoms with E-state index in [1.165, 1.54) is 0 Å². The van der Waals surface area contributed by atoms with Crippen LogP contribution in [0.15, 0.2) is 18.5 Å². The Hall–Kier alpha value is -0.840. The Morgan fingerprint density at radius 3 is 3.12 bits per heavy atom. The summed E-state index contributed by atoms with van der Waals surface area (Å²) in [6, 6.07) is 1.94. The predicted molar refractivity (Wildman–Crippen MR) is 62.2 cm³/mol. The highest BCUT2D eigenvalue weighted by atomic mass is 16.5. The van der Waals surface area contributed by atoms with E-state index < -0.39 is 0 Å². The maximum atomic E-state index is 8.98. The number of aliphatic hydroxyl groups excluding tert-OH is 1. The van der Waals surface area contributed by atoms with Gasteiger partial charge in [0.25, 0.3) is 0 Å². The Kier molecular flexibility index (Phi) is 3.98. The van der Waals surface area contributed by atoms with Crippen LogP contribution in [0.4, 0.5) is 0 Å². The van der Waals surface area contributed by atoms with Gasteiger partial charge < -0.3 is 14.4 Å². The quantitative estimate of drug-likeness (QED) is 0.818. The van der Waals surface area contributed by atoms with Crippen molar-refractivity contribution in [1.29, 1.82) is 0 Å². The number of nitrogens with zero attached hydrogens (tertiary/aromatic N) is 2. The van der Waals surface area contributed by atoms with Crippen molar-refractivity contribution in [3.05, 3.63) is 24.0 Å². The Morgan fingerprint density at radius 1 is 1.56 bits per heavy atom. The van der Waals surface area contributed by atoms with Crippen molar-refractivity contribution in [2.24, 2.45) is 0 Å². The van der Waals surface area contributed by atoms with Gasteiger partial charge in [-0.2, -0.15) is 0 Å². The van der Waals surface area contributed by atoms with Gasteiger partial charge in [0.2, 0.25) is 0 Å². The minimum Gasteiger partial charge on any atom is -0.392 e. The first-order chi connectivity index (χ1) is 7.81. The summed E-state index contributed by atoms with van der Waals surface area (Å²) in [6.45, 7) is 7.13. The lowest BCUT2D eigenvalue weighted by molar-refractivity contribution is -0.0342. The maximum absolute atomic E-state index is 8.98. The fraction of sp³-hybridized carbons (Fsp3) is 0.667. The molecule has 90 valence electrons. The summed E-state index contributed by atoms with van der Waals surface area (Å²) in [5.41, 5.74) is 0.961. The molecule has 2 rings (SSSR count). The number of aromatic nitrogens is 1. The second-order valence-electron chi connectivity index (χ2n) is 4.26. The van der Waals surface area contributed by atoms with Gasteiger partial charge in [-0.05, 0) is 18.2 Å². The molecule has 2 heterocycles. The first kappa shape index (κ1) is 11.6. The first-order valence-electron chi connectivity index (χ1n) is 5.91. The fourth-order valence-corrected chi connectivity index (χ4v) is 2.11. The number of hydrogen-bond acceptors (Lipinski definition) is 3. The molecule has 1 aliphatic heterocycles. The highest BCUT2D eigenvalue weighted by Gasteiger charge is 2.19. The number of morpholine rings is 1. The molecule has 0 saturated carbocycles. The SMILES string of the molecule is CCN1CCOC(Cn2ccc(CO)c2)C1. The van der Waals surface area contributed by atoms with E-state index in [0.29, 0.717) is 0 Å². The smallest absolute Gasteiger partial charge is 0.0880 e. The number of likely N-dealkylation sites (N-methyl/N-ethyl adjacent to an activating group) is 1. The normalized spacial score (nSPS) is 22.5. The molecule has 1 fully saturated rings. The minimum absolute atomic E-state index is 0.111. The molecule has 4 nitrogen and oxygen atoms in total. The average Bonchev–Trinajstić information content (AvgIpc) is 2.77. The Labute approximate surface area is 96.4 Å². The summed E-state index contributed by atoms with van der Waals surface area (Å²) in [5.74, 6) is 0. The number of hydrogen-bond donors (Lipinski definition) is 1. The molecular formula is C12H20N2O2. The topological polar surface area (TPSA) is 37.6 Å². The van der Waals surface area contributed by atoms with E-state index in [2.05, 4.69) is 16.4 Å². The zero-order chi connectivity index (χ0) is 11.4. The third kappa shape index (κ3) is 2.84. The molecule has 0 aliphatic carbocycles. The molecule has 0 aromatic carbocycles. The molecule has 1 saturated heterocycles. The fourth-order valence-electron chi connectivity index (χ4n) is 2.11. The standard InChI is InChI=1S/C12H20N2O2/c1-2-13-5-6-16-12(8-13)9-14-4-3-11(7-14)10-15/h3-4,7,12,15H,2,5-6,8-10H2,1H3. The van der Waals surface area contributed by atoms with Gasteiger partial charge in [-0.25, -0.2) is 0 Å². The van der Waals surface area contributed by atoms with Crippen molar-refractivity contribution in [1.82, 2.24) is 9.47 Å². The van der Waals surface area contributed by atoms with Crippen LogP contribution in [0.1, 0.15) is 12.5 Å². The van der Waals surface area contributed by atoms with E-state index in [1.807, 2.05) is 18.5 Å². The second kappa shape index (κ2) is 5.48. The van der Waals surface area contributed by atoms with Crippen molar-refractivity contribution in [3.63, 3.8) is 0 Å². The molecule has 1 atom stereocenters. The van der Waals surface area contributed by atoms with Gasteiger partial charge in [0, 0.05) is 32.0 Å². The van der Waals surface area contributed by atoms with Crippen LogP contribution in [0.25, 0.3) is 0 Å². The van der Waals surface area contributed by atoms with E-state index in [4.69, 9.17) is 9.84 Å². The average molecular weight is 224 g/mol. The Morgan fingerprint density at radius 2 is 2.44 bits per heavy atom. The lowest BCUT2D eigenvalue weighted by Gasteiger charge is -2.32. The van der Waals surface area contributed by atoms with E-state index in [-0.39, 0.29) is 12.7 Å². The van der Waals surface area contributed by atoms with Gasteiger partial charge in [-0.1, -0.05) is 6.92 Å². The van der Waals surface area contributed by atoms with Crippen LogP contribution in [0.5, 0.6) is 0 Å². The van der Waals surface area contributed by atoms with Crippen LogP contribution in [0, 0.1) is 0 Å². The van der Waals surface area contributed by atoms with Crippen LogP contribution in [0.2, 0.25) is 0 Å². The van der Waals surface area contributed by atoms with E-state index in [9.17, 15) is 0 Å². The summed E-state index contributed by atoms with van der Waals surface area (Å²) in [5, 5.41) is 8.98. The van der Waals surface area contributed by atoms with Gasteiger partial charge in [-0.3, -0.25) is 4.90 Å². The Balaban J connectivity index is 1.88. The van der Waals surface area contributed by atoms with E-state index in [0.717, 1.165) is 38.3 Å². The predicted octanol–water partition coefficient (Wildman–Crippen LogP) is 0.701. The van der Waals surface area contributed by atoms with Gasteiger partial charge >= 0.3 is 0 Å². The molecular weight excluding hydrogens is 204 g/mol. The monoisotopic (exact) mass is 224 g/mol. The third-order valence-corrected chi connectivity index (χ3v) is 3.08. The van der Waals surface area contributed by atoms with Crippen LogP contribution < -0.4 is 0 Å². The van der Waals surface area contributed by atoms with Crippen LogP contribution in [0.3, 0.4) is 0 Å². The third-order valence-electron chi connectivity index (χ3n) is 3.08. The lowest BCUT2D eigenvalue weighted by Crippen LogP contribution is -2.43. The van der Waals surface area contributed by atoms with E-state index in [1.54, 1.807) is 0 Å². The van der Waals surface area contributed by atoms with Crippen molar-refractivity contribution < 1.29 is 9.84 Å². The number of aliphatic hydroxyl groups is 1. The molecule has 4 heteroatoms. The second-order valence-corrected chi connectivity index (χ2v) is 4.26. The van der Waals surface area contributed by atoms with E-state index >= 15 is 0 Å². The lowest BCUT2D eigenvalue weighted by atomic mass is 10.2. The van der Waals surface area contributed by atoms with Crippen molar-refractivity contribution in [2.45, 2.75) is 26.2 Å². The van der Waals surface area contributed by atoms with Crippen molar-refractivity contribution >= 4 is 0 Å². The molecule has 0 spiro atoms. The zero-order valence-electron chi connectivity index (χ0n) is 9.80. The van der Waals surface area contributed by atoms with Crippen LogP contribution >= 0.6 is 0 Å².